The van der Waals surface area contributed by atoms with Crippen LogP contribution in [-0.2, 0) is 11.3 Å². The van der Waals surface area contributed by atoms with Gasteiger partial charge < -0.3 is 14.5 Å². The molecular weight excluding hydrogens is 366 g/mol. The Kier molecular flexibility index (Phi) is 6.52. The summed E-state index contributed by atoms with van der Waals surface area (Å²) in [4.78, 5) is 32.6. The van der Waals surface area contributed by atoms with Gasteiger partial charge in [-0.25, -0.2) is 4.79 Å². The van der Waals surface area contributed by atoms with Gasteiger partial charge in [-0.1, -0.05) is 39.8 Å². The zero-order valence-corrected chi connectivity index (χ0v) is 18.5. The molecule has 3 rings (SSSR count). The fourth-order valence-electron chi connectivity index (χ4n) is 4.56. The molecule has 2 aliphatic rings. The molecule has 0 radical (unpaired) electrons. The van der Waals surface area contributed by atoms with E-state index in [9.17, 15) is 9.59 Å². The van der Waals surface area contributed by atoms with Crippen molar-refractivity contribution in [2.24, 2.45) is 11.8 Å². The van der Waals surface area contributed by atoms with Crippen LogP contribution in [0.25, 0.3) is 0 Å². The molecule has 1 aromatic rings. The highest BCUT2D eigenvalue weighted by molar-refractivity contribution is 6.07. The molecule has 2 heterocycles. The molecule has 0 atom stereocenters. The second kappa shape index (κ2) is 8.74. The number of nitrogens with zero attached hydrogens (tertiary/aromatic N) is 3. The minimum atomic E-state index is -0.679. The van der Waals surface area contributed by atoms with E-state index < -0.39 is 5.54 Å². The highest BCUT2D eigenvalue weighted by Crippen LogP contribution is 2.38. The molecule has 2 aliphatic heterocycles. The van der Waals surface area contributed by atoms with Crippen LogP contribution in [-0.4, -0.2) is 65.5 Å². The number of piperidine rings is 1. The predicted molar refractivity (Wildman–Crippen MR) is 114 cm³/mol. The number of hydrogen-bond donors (Lipinski definition) is 0. The smallest absolute Gasteiger partial charge is 0.327 e. The average Bonchev–Trinajstić information content (AvgIpc) is 2.86. The van der Waals surface area contributed by atoms with Gasteiger partial charge in [-0.2, -0.15) is 0 Å². The van der Waals surface area contributed by atoms with Crippen molar-refractivity contribution >= 4 is 11.9 Å². The fourth-order valence-corrected chi connectivity index (χ4v) is 4.56. The van der Waals surface area contributed by atoms with Gasteiger partial charge in [0.1, 0.15) is 11.3 Å². The van der Waals surface area contributed by atoms with E-state index in [1.807, 2.05) is 29.2 Å². The van der Waals surface area contributed by atoms with E-state index >= 15 is 0 Å². The van der Waals surface area contributed by atoms with E-state index in [0.717, 1.165) is 43.8 Å². The van der Waals surface area contributed by atoms with Crippen molar-refractivity contribution in [2.45, 2.75) is 52.6 Å². The number of amides is 3. The molecule has 6 nitrogen and oxygen atoms in total. The van der Waals surface area contributed by atoms with Crippen LogP contribution in [0.2, 0.25) is 0 Å². The number of urea groups is 1. The van der Waals surface area contributed by atoms with E-state index in [-0.39, 0.29) is 11.9 Å². The van der Waals surface area contributed by atoms with Crippen LogP contribution >= 0.6 is 0 Å². The lowest BCUT2D eigenvalue weighted by Gasteiger charge is -2.43. The number of hydrogen-bond acceptors (Lipinski definition) is 4. The lowest BCUT2D eigenvalue weighted by molar-refractivity contribution is -0.136. The summed E-state index contributed by atoms with van der Waals surface area (Å²) in [5.41, 5.74) is 0.257. The number of likely N-dealkylation sites (tertiary alicyclic amines) is 1. The Morgan fingerprint density at radius 1 is 0.966 bits per heavy atom. The van der Waals surface area contributed by atoms with Gasteiger partial charge in [0, 0.05) is 26.2 Å². The first kappa shape index (κ1) is 21.6. The van der Waals surface area contributed by atoms with Crippen molar-refractivity contribution in [3.63, 3.8) is 0 Å². The van der Waals surface area contributed by atoms with Crippen molar-refractivity contribution in [1.82, 2.24) is 14.7 Å². The summed E-state index contributed by atoms with van der Waals surface area (Å²) in [5.74, 6) is 1.66. The normalized spacial score (nSPS) is 19.8. The number of imide groups is 1. The Bertz CT molecular complexity index is 721. The van der Waals surface area contributed by atoms with E-state index in [2.05, 4.69) is 32.6 Å². The van der Waals surface area contributed by atoms with Crippen LogP contribution in [0.15, 0.2) is 24.3 Å². The zero-order valence-electron chi connectivity index (χ0n) is 18.5. The third-order valence-electron chi connectivity index (χ3n) is 5.98. The molecule has 3 amide bonds. The van der Waals surface area contributed by atoms with Crippen molar-refractivity contribution in [3.05, 3.63) is 29.8 Å². The summed E-state index contributed by atoms with van der Waals surface area (Å²) in [5, 5.41) is 0. The Balaban J connectivity index is 1.81. The number of rotatable bonds is 7. The van der Waals surface area contributed by atoms with E-state index in [4.69, 9.17) is 4.74 Å². The van der Waals surface area contributed by atoms with Crippen LogP contribution < -0.4 is 4.74 Å². The van der Waals surface area contributed by atoms with Crippen molar-refractivity contribution in [1.29, 1.82) is 0 Å². The molecule has 2 saturated heterocycles. The van der Waals surface area contributed by atoms with E-state index in [1.165, 1.54) is 4.90 Å². The number of carbonyl (C=O) groups excluding carboxylic acids is 2. The molecule has 29 heavy (non-hydrogen) atoms. The maximum Gasteiger partial charge on any atom is 0.327 e. The maximum absolute atomic E-state index is 13.6. The summed E-state index contributed by atoms with van der Waals surface area (Å²) >= 11 is 0. The molecule has 0 bridgehead atoms. The van der Waals surface area contributed by atoms with Gasteiger partial charge in [0.2, 0.25) is 0 Å². The molecule has 1 spiro atoms. The monoisotopic (exact) mass is 401 g/mol. The Labute approximate surface area is 174 Å². The van der Waals surface area contributed by atoms with Gasteiger partial charge in [0.15, 0.2) is 0 Å². The standard InChI is InChI=1S/C23H35N3O3/c1-17(2)14-24-12-10-23(11-13-24)21(27)25(22(28)26(23)15-18(3)4)16-19-6-8-20(29-5)9-7-19/h6-9,17-18H,10-16H2,1-5H3. The summed E-state index contributed by atoms with van der Waals surface area (Å²) < 4.78 is 5.21. The number of carbonyl (C=O) groups is 2. The van der Waals surface area contributed by atoms with Crippen molar-refractivity contribution in [3.8, 4) is 5.75 Å². The highest BCUT2D eigenvalue weighted by Gasteiger charge is 2.57. The zero-order chi connectivity index (χ0) is 21.2. The number of benzene rings is 1. The van der Waals surface area contributed by atoms with Gasteiger partial charge in [0.05, 0.1) is 13.7 Å². The lowest BCUT2D eigenvalue weighted by atomic mass is 9.85. The fraction of sp³-hybridized carbons (Fsp3) is 0.652. The third kappa shape index (κ3) is 4.42. The molecule has 0 N–H and O–H groups in total. The Hall–Kier alpha value is -2.08. The Morgan fingerprint density at radius 3 is 2.07 bits per heavy atom. The second-order valence-electron chi connectivity index (χ2n) is 9.25. The molecule has 160 valence electrons. The van der Waals surface area contributed by atoms with Gasteiger partial charge >= 0.3 is 6.03 Å². The third-order valence-corrected chi connectivity index (χ3v) is 5.98. The average molecular weight is 402 g/mol. The first-order valence-electron chi connectivity index (χ1n) is 10.8. The minimum absolute atomic E-state index is 0.0248. The predicted octanol–water partition coefficient (Wildman–Crippen LogP) is 3.61. The SMILES string of the molecule is COc1ccc(CN2C(=O)N(CC(C)C)C3(CCN(CC(C)C)CC3)C2=O)cc1. The maximum atomic E-state index is 13.6. The van der Waals surface area contributed by atoms with E-state index in [1.54, 1.807) is 7.11 Å². The summed E-state index contributed by atoms with van der Waals surface area (Å²) in [6.07, 6.45) is 1.44. The molecule has 0 saturated carbocycles. The van der Waals surface area contributed by atoms with Crippen LogP contribution in [0.3, 0.4) is 0 Å². The second-order valence-corrected chi connectivity index (χ2v) is 9.25. The van der Waals surface area contributed by atoms with Crippen LogP contribution in [0.1, 0.15) is 46.1 Å². The van der Waals surface area contributed by atoms with Gasteiger partial charge in [-0.3, -0.25) is 9.69 Å². The summed E-state index contributed by atoms with van der Waals surface area (Å²) in [6.45, 7) is 12.3. The van der Waals surface area contributed by atoms with Gasteiger partial charge in [0.25, 0.3) is 5.91 Å². The molecule has 6 heteroatoms. The summed E-state index contributed by atoms with van der Waals surface area (Å²) in [6, 6.07) is 7.43. The Morgan fingerprint density at radius 2 is 1.55 bits per heavy atom. The van der Waals surface area contributed by atoms with Crippen molar-refractivity contribution in [2.75, 3.05) is 33.3 Å². The van der Waals surface area contributed by atoms with E-state index in [0.29, 0.717) is 24.9 Å². The first-order valence-corrected chi connectivity index (χ1v) is 10.8. The van der Waals surface area contributed by atoms with Crippen LogP contribution in [0.4, 0.5) is 4.79 Å². The molecule has 1 aromatic carbocycles. The van der Waals surface area contributed by atoms with Gasteiger partial charge in [-0.15, -0.1) is 0 Å². The first-order chi connectivity index (χ1) is 13.8. The molecular formula is C23H35N3O3. The van der Waals surface area contributed by atoms with Crippen molar-refractivity contribution < 1.29 is 14.3 Å². The highest BCUT2D eigenvalue weighted by atomic mass is 16.5. The number of methoxy groups -OCH3 is 1. The minimum Gasteiger partial charge on any atom is -0.497 e. The summed E-state index contributed by atoms with van der Waals surface area (Å²) in [7, 11) is 1.63. The topological polar surface area (TPSA) is 53.1 Å². The largest absolute Gasteiger partial charge is 0.497 e. The number of ether oxygens (including phenoxy) is 1. The lowest BCUT2D eigenvalue weighted by Crippen LogP contribution is -2.57. The molecule has 2 fully saturated rings. The molecule has 0 unspecified atom stereocenters. The van der Waals surface area contributed by atoms with Crippen LogP contribution in [0, 0.1) is 11.8 Å². The molecule has 0 aliphatic carbocycles. The van der Waals surface area contributed by atoms with Crippen LogP contribution in [0.5, 0.6) is 5.75 Å². The quantitative estimate of drug-likeness (QED) is 0.655. The molecule has 0 aromatic heterocycles. The van der Waals surface area contributed by atoms with Gasteiger partial charge in [-0.05, 0) is 42.4 Å².